The minimum absolute atomic E-state index is 0.00595. The van der Waals surface area contributed by atoms with Gasteiger partial charge in [0.25, 0.3) is 5.91 Å². The molecule has 1 aromatic rings. The van der Waals surface area contributed by atoms with E-state index >= 15 is 0 Å². The molecule has 5 rings (SSSR count). The lowest BCUT2D eigenvalue weighted by Crippen LogP contribution is -2.53. The summed E-state index contributed by atoms with van der Waals surface area (Å²) in [5.41, 5.74) is 1.51. The summed E-state index contributed by atoms with van der Waals surface area (Å²) in [7, 11) is 0. The number of morpholine rings is 2. The molecule has 3 atom stereocenters. The van der Waals surface area contributed by atoms with E-state index in [2.05, 4.69) is 10.2 Å². The Morgan fingerprint density at radius 3 is 2.21 bits per heavy atom. The zero-order valence-corrected chi connectivity index (χ0v) is 22.8. The molecule has 0 saturated carbocycles. The largest absolute Gasteiger partial charge is 0.378 e. The number of ether oxygens (including phenoxy) is 2. The van der Waals surface area contributed by atoms with Gasteiger partial charge in [0.15, 0.2) is 5.78 Å². The minimum atomic E-state index is -0.757. The van der Waals surface area contributed by atoms with E-state index in [0.717, 1.165) is 18.8 Å². The van der Waals surface area contributed by atoms with Gasteiger partial charge < -0.3 is 34.4 Å². The Bertz CT molecular complexity index is 1070. The van der Waals surface area contributed by atoms with Crippen molar-refractivity contribution in [1.29, 1.82) is 0 Å². The van der Waals surface area contributed by atoms with Crippen LogP contribution in [0.3, 0.4) is 0 Å². The van der Waals surface area contributed by atoms with Gasteiger partial charge in [0.2, 0.25) is 5.91 Å². The number of Topliss-reactive ketones (excluding diaryl/α,β-unsaturated/α-hetero) is 1. The molecule has 0 aliphatic carbocycles. The molecule has 11 heteroatoms. The van der Waals surface area contributed by atoms with Crippen molar-refractivity contribution in [3.05, 3.63) is 29.8 Å². The molecule has 1 N–H and O–H groups in total. The highest BCUT2D eigenvalue weighted by Gasteiger charge is 2.53. The fourth-order valence-electron chi connectivity index (χ4n) is 6.04. The van der Waals surface area contributed by atoms with Crippen molar-refractivity contribution in [3.8, 4) is 0 Å². The summed E-state index contributed by atoms with van der Waals surface area (Å²) in [5, 5.41) is 2.94. The first-order valence-electron chi connectivity index (χ1n) is 14.0. The normalized spacial score (nSPS) is 24.2. The van der Waals surface area contributed by atoms with Crippen molar-refractivity contribution >= 4 is 29.3 Å². The number of fused-ring (bicyclic) bond motifs is 1. The van der Waals surface area contributed by atoms with Crippen LogP contribution in [0.25, 0.3) is 0 Å². The van der Waals surface area contributed by atoms with Crippen LogP contribution < -0.4 is 10.2 Å². The van der Waals surface area contributed by atoms with Crippen LogP contribution in [0.4, 0.5) is 10.5 Å². The number of amides is 4. The number of hydrogen-bond donors (Lipinski definition) is 1. The predicted molar refractivity (Wildman–Crippen MR) is 144 cm³/mol. The van der Waals surface area contributed by atoms with E-state index in [1.54, 1.807) is 26.8 Å². The third kappa shape index (κ3) is 5.89. The van der Waals surface area contributed by atoms with Crippen molar-refractivity contribution in [3.63, 3.8) is 0 Å². The van der Waals surface area contributed by atoms with Crippen molar-refractivity contribution in [2.45, 2.75) is 44.8 Å². The zero-order valence-electron chi connectivity index (χ0n) is 22.8. The van der Waals surface area contributed by atoms with Gasteiger partial charge in [-0.15, -0.1) is 0 Å². The number of likely N-dealkylation sites (tertiary alicyclic amines) is 2. The van der Waals surface area contributed by atoms with Crippen LogP contribution in [0.2, 0.25) is 0 Å². The monoisotopic (exact) mass is 541 g/mol. The molecule has 39 heavy (non-hydrogen) atoms. The van der Waals surface area contributed by atoms with E-state index in [9.17, 15) is 19.2 Å². The summed E-state index contributed by atoms with van der Waals surface area (Å²) < 4.78 is 10.8. The number of nitrogens with zero attached hydrogens (tertiary/aromatic N) is 4. The second-order valence-corrected chi connectivity index (χ2v) is 11.1. The van der Waals surface area contributed by atoms with E-state index in [-0.39, 0.29) is 42.1 Å². The standard InChI is InChI=1S/C28H39N5O6/c1-19(2)17-22(29-26(35)20-3-5-21(6-4-20)30-9-13-38-14-10-30)27(36)32-8-7-23-25(32)24(34)18-33(23)28(37)31-11-15-39-16-12-31/h3-6,19,22-23,25H,7-18H2,1-2H3,(H,29,35). The van der Waals surface area contributed by atoms with E-state index in [4.69, 9.17) is 9.47 Å². The van der Waals surface area contributed by atoms with Crippen LogP contribution in [0.1, 0.15) is 37.0 Å². The molecule has 0 radical (unpaired) electrons. The number of benzene rings is 1. The average molecular weight is 542 g/mol. The lowest BCUT2D eigenvalue weighted by Gasteiger charge is -2.33. The van der Waals surface area contributed by atoms with E-state index < -0.39 is 12.1 Å². The van der Waals surface area contributed by atoms with Crippen LogP contribution in [0.15, 0.2) is 24.3 Å². The number of anilines is 1. The van der Waals surface area contributed by atoms with Gasteiger partial charge in [-0.25, -0.2) is 4.79 Å². The van der Waals surface area contributed by atoms with Gasteiger partial charge in [-0.2, -0.15) is 0 Å². The summed E-state index contributed by atoms with van der Waals surface area (Å²) in [6.45, 7) is 9.33. The van der Waals surface area contributed by atoms with Crippen LogP contribution in [0, 0.1) is 5.92 Å². The summed E-state index contributed by atoms with van der Waals surface area (Å²) in [6, 6.07) is 5.47. The third-order valence-electron chi connectivity index (χ3n) is 8.05. The van der Waals surface area contributed by atoms with Crippen molar-refractivity contribution in [1.82, 2.24) is 20.0 Å². The fraction of sp³-hybridized carbons (Fsp3) is 0.643. The molecule has 212 valence electrons. The molecular formula is C28H39N5O6. The van der Waals surface area contributed by atoms with E-state index in [0.29, 0.717) is 64.5 Å². The van der Waals surface area contributed by atoms with Crippen molar-refractivity contribution < 1.29 is 28.7 Å². The van der Waals surface area contributed by atoms with E-state index in [1.807, 2.05) is 26.0 Å². The number of nitrogens with one attached hydrogen (secondary N) is 1. The first-order chi connectivity index (χ1) is 18.8. The average Bonchev–Trinajstić information content (AvgIpc) is 3.54. The van der Waals surface area contributed by atoms with Crippen molar-refractivity contribution in [2.24, 2.45) is 5.92 Å². The van der Waals surface area contributed by atoms with Crippen LogP contribution in [-0.4, -0.2) is 122 Å². The Balaban J connectivity index is 1.25. The number of carbonyl (C=O) groups is 4. The fourth-order valence-corrected chi connectivity index (χ4v) is 6.04. The van der Waals surface area contributed by atoms with Gasteiger partial charge in [0.05, 0.1) is 39.0 Å². The van der Waals surface area contributed by atoms with Gasteiger partial charge in [-0.3, -0.25) is 14.4 Å². The molecule has 3 unspecified atom stereocenters. The summed E-state index contributed by atoms with van der Waals surface area (Å²) >= 11 is 0. The highest BCUT2D eigenvalue weighted by Crippen LogP contribution is 2.31. The zero-order chi connectivity index (χ0) is 27.5. The Labute approximate surface area is 229 Å². The lowest BCUT2D eigenvalue weighted by atomic mass is 10.0. The molecule has 11 nitrogen and oxygen atoms in total. The first kappa shape index (κ1) is 27.4. The molecule has 4 amide bonds. The summed E-state index contributed by atoms with van der Waals surface area (Å²) in [5.74, 6) is -0.551. The molecular weight excluding hydrogens is 502 g/mol. The van der Waals surface area contributed by atoms with Crippen LogP contribution >= 0.6 is 0 Å². The lowest BCUT2D eigenvalue weighted by molar-refractivity contribution is -0.138. The second-order valence-electron chi connectivity index (χ2n) is 11.1. The third-order valence-corrected chi connectivity index (χ3v) is 8.05. The van der Waals surface area contributed by atoms with Gasteiger partial charge in [0, 0.05) is 44.0 Å². The van der Waals surface area contributed by atoms with Gasteiger partial charge in [-0.1, -0.05) is 13.8 Å². The minimum Gasteiger partial charge on any atom is -0.378 e. The van der Waals surface area contributed by atoms with E-state index in [1.165, 1.54) is 0 Å². The number of carbonyl (C=O) groups excluding carboxylic acids is 4. The Kier molecular flexibility index (Phi) is 8.37. The molecule has 4 heterocycles. The quantitative estimate of drug-likeness (QED) is 0.571. The maximum absolute atomic E-state index is 13.8. The summed E-state index contributed by atoms with van der Waals surface area (Å²) in [6.07, 6.45) is 0.999. The SMILES string of the molecule is CC(C)CC(NC(=O)c1ccc(N2CCOCC2)cc1)C(=O)N1CCC2C1C(=O)CN2C(=O)N1CCOCC1. The van der Waals surface area contributed by atoms with Gasteiger partial charge in [-0.05, 0) is 43.0 Å². The molecule has 1 aromatic carbocycles. The Morgan fingerprint density at radius 1 is 0.923 bits per heavy atom. The maximum Gasteiger partial charge on any atom is 0.320 e. The molecule has 0 aromatic heterocycles. The number of rotatable bonds is 6. The van der Waals surface area contributed by atoms with Gasteiger partial charge in [0.1, 0.15) is 12.1 Å². The number of urea groups is 1. The van der Waals surface area contributed by atoms with Crippen molar-refractivity contribution in [2.75, 3.05) is 70.6 Å². The molecule has 4 saturated heterocycles. The van der Waals surface area contributed by atoms with Gasteiger partial charge >= 0.3 is 6.03 Å². The maximum atomic E-state index is 13.8. The molecule has 4 aliphatic rings. The molecule has 0 bridgehead atoms. The molecule has 4 fully saturated rings. The Hall–Kier alpha value is -3.18. The smallest absolute Gasteiger partial charge is 0.320 e. The predicted octanol–water partition coefficient (Wildman–Crippen LogP) is 0.974. The number of hydrogen-bond acceptors (Lipinski definition) is 7. The van der Waals surface area contributed by atoms with Crippen LogP contribution in [-0.2, 0) is 19.1 Å². The molecule has 0 spiro atoms. The first-order valence-corrected chi connectivity index (χ1v) is 14.0. The highest BCUT2D eigenvalue weighted by atomic mass is 16.5. The topological polar surface area (TPSA) is 112 Å². The second kappa shape index (κ2) is 11.9. The summed E-state index contributed by atoms with van der Waals surface area (Å²) in [4.78, 5) is 60.4. The molecule has 4 aliphatic heterocycles. The van der Waals surface area contributed by atoms with Crippen LogP contribution in [0.5, 0.6) is 0 Å². The Morgan fingerprint density at radius 2 is 1.56 bits per heavy atom. The highest BCUT2D eigenvalue weighted by molar-refractivity contribution is 6.00. The number of ketones is 1.